The zero-order valence-corrected chi connectivity index (χ0v) is 0. The van der Waals surface area contributed by atoms with E-state index < -0.39 is 0 Å². The van der Waals surface area contributed by atoms with Gasteiger partial charge in [0.05, 0.1) is 0 Å². The summed E-state index contributed by atoms with van der Waals surface area (Å²) in [5.74, 6) is 0. The fourth-order valence-corrected chi connectivity index (χ4v) is 0. The van der Waals surface area contributed by atoms with Crippen LogP contribution in [0.2, 0.25) is 0 Å². The molecule has 0 fully saturated rings. The van der Waals surface area contributed by atoms with Crippen LogP contribution in [-0.2, 0) is 0 Å². The molecule has 0 aliphatic carbocycles. The Kier molecular flexibility index (Phi) is 0. The van der Waals surface area contributed by atoms with Crippen molar-refractivity contribution in [3.8, 4) is 0 Å². The molecule has 0 unspecified atom stereocenters. The first-order chi connectivity index (χ1) is 0. The van der Waals surface area contributed by atoms with Gasteiger partial charge in [-0.2, -0.15) is 0 Å². The van der Waals surface area contributed by atoms with Gasteiger partial charge in [0.15, 0.2) is 0 Å². The Morgan fingerprint density at radius 3 is 0.250 bits per heavy atom. The highest BCUT2D eigenvalue weighted by atomic mass is 12.0. The number of rotatable bonds is 0. The Hall–Kier alpha value is 0. The van der Waals surface area contributed by atoms with Gasteiger partial charge in [0, 0.05) is 4.28 Å². The van der Waals surface area contributed by atoms with Crippen LogP contribution in [0.4, 0.5) is 0 Å². The summed E-state index contributed by atoms with van der Waals surface area (Å²) in [4.78, 5) is 0. The molecule has 0 rings (SSSR count). The van der Waals surface area contributed by atoms with E-state index in [2.05, 4.69) is 0 Å². The lowest BCUT2D eigenvalue weighted by Crippen LogP contribution is 0.143. The maximum absolute atomic E-state index is 0. The molecule has 0 radical (unpaired) electrons. The minimum atomic E-state index is 0. The van der Waals surface area contributed by atoms with Gasteiger partial charge in [-0.1, -0.05) is 59.4 Å². The summed E-state index contributed by atoms with van der Waals surface area (Å²) in [5.41, 5.74) is 0. The van der Waals surface area contributed by atoms with E-state index in [1.54, 1.807) is 0 Å². The molecule has 0 aromatic carbocycles. The van der Waals surface area contributed by atoms with Gasteiger partial charge in [-0.15, -0.1) is 0 Å². The Morgan fingerprint density at radius 1 is 0.250 bits per heavy atom. The fraction of sp³-hybridized carbons (Fsp3) is 1.00. The van der Waals surface area contributed by atoms with Gasteiger partial charge in [-0.3, -0.25) is 0 Å². The summed E-state index contributed by atoms with van der Waals surface area (Å²) in [5, 5.41) is 0. The molecule has 0 N–H and O–H groups in total. The minimum absolute atomic E-state index is 0. The Labute approximate surface area is 64.8 Å². The standard InChI is InChI=1S/8CH4.3H2/h8*1H4;3*1H. The minimum Gasteiger partial charge on any atom is -0.0776 e. The topological polar surface area (TPSA) is 0 Å². The second-order valence-electron chi connectivity index (χ2n) is 0. The van der Waals surface area contributed by atoms with E-state index >= 15 is 0 Å². The molecule has 0 aliphatic heterocycles. The van der Waals surface area contributed by atoms with E-state index in [0.717, 1.165) is 0 Å². The summed E-state index contributed by atoms with van der Waals surface area (Å²) in [7, 11) is 0. The molecule has 0 aromatic heterocycles. The van der Waals surface area contributed by atoms with Crippen LogP contribution in [0.25, 0.3) is 0 Å². The van der Waals surface area contributed by atoms with E-state index in [1.807, 2.05) is 0 Å². The maximum atomic E-state index is 0. The Balaban J connectivity index is 0. The third-order valence-electron chi connectivity index (χ3n) is 0. The zero-order chi connectivity index (χ0) is 0. The summed E-state index contributed by atoms with van der Waals surface area (Å²) >= 11 is 0. The third-order valence-corrected chi connectivity index (χ3v) is 0. The molecule has 0 heterocycles. The van der Waals surface area contributed by atoms with E-state index in [1.165, 1.54) is 0 Å². The van der Waals surface area contributed by atoms with E-state index in [9.17, 15) is 0 Å². The van der Waals surface area contributed by atoms with Crippen LogP contribution in [0, 0.1) is 0 Å². The van der Waals surface area contributed by atoms with E-state index in [-0.39, 0.29) is 63.7 Å². The molecule has 0 aromatic rings. The molecular weight excluding hydrogens is 96.1 g/mol. The first-order valence-corrected chi connectivity index (χ1v) is 0. The van der Waals surface area contributed by atoms with E-state index in [0.29, 0.717) is 0 Å². The van der Waals surface area contributed by atoms with Crippen molar-refractivity contribution in [1.29, 1.82) is 0 Å². The third kappa shape index (κ3) is 0. The molecule has 0 saturated carbocycles. The normalized spacial score (nSPS) is 0. The predicted octanol–water partition coefficient (Wildman–Crippen LogP) is 5.83. The molecule has 0 heteroatoms. The van der Waals surface area contributed by atoms with Crippen molar-refractivity contribution in [2.45, 2.75) is 59.4 Å². The zero-order valence-electron chi connectivity index (χ0n) is 0. The Bertz CT molecular complexity index is 9.30. The average molecular weight is 134 g/mol. The van der Waals surface area contributed by atoms with Gasteiger partial charge >= 0.3 is 0 Å². The van der Waals surface area contributed by atoms with Crippen LogP contribution in [0.5, 0.6) is 0 Å². The molecule has 0 atom stereocenters. The second kappa shape index (κ2) is 0. The van der Waals surface area contributed by atoms with Crippen LogP contribution >= 0.6 is 0 Å². The average Bonchev–Trinajstić information content (AvgIpc) is 0. The monoisotopic (exact) mass is 134 g/mol. The lowest BCUT2D eigenvalue weighted by atomic mass is 12.0. The van der Waals surface area contributed by atoms with Gasteiger partial charge in [0.25, 0.3) is 0 Å². The first kappa shape index (κ1) is 0. The van der Waals surface area contributed by atoms with Crippen LogP contribution in [0.15, 0.2) is 0 Å². The summed E-state index contributed by atoms with van der Waals surface area (Å²) < 4.78 is 0. The SMILES string of the molecule is C.C.C.C.C.C.C.C.[HH].[HH].[HH]. The van der Waals surface area contributed by atoms with E-state index in [4.69, 9.17) is 0 Å². The summed E-state index contributed by atoms with van der Waals surface area (Å²) in [6.45, 7) is 0. The van der Waals surface area contributed by atoms with Crippen molar-refractivity contribution in [2.24, 2.45) is 0 Å². The second-order valence-corrected chi connectivity index (χ2v) is 0. The largest absolute Gasteiger partial charge is 0.0776 e. The maximum Gasteiger partial charge on any atom is 0 e. The molecule has 0 spiro atoms. The molecular formula is C8H38. The molecule has 8 heavy (non-hydrogen) atoms. The van der Waals surface area contributed by atoms with Crippen LogP contribution in [0.1, 0.15) is 63.7 Å². The molecule has 0 amide bonds. The van der Waals surface area contributed by atoms with Gasteiger partial charge in [-0.05, 0) is 0 Å². The van der Waals surface area contributed by atoms with Gasteiger partial charge in [0.1, 0.15) is 0 Å². The summed E-state index contributed by atoms with van der Waals surface area (Å²) in [6, 6.07) is 0. The quantitative estimate of drug-likeness (QED) is 0.391. The van der Waals surface area contributed by atoms with Crippen molar-refractivity contribution >= 4 is 0 Å². The molecule has 0 bridgehead atoms. The summed E-state index contributed by atoms with van der Waals surface area (Å²) in [6.07, 6.45) is 0. The van der Waals surface area contributed by atoms with Crippen molar-refractivity contribution in [2.75, 3.05) is 0 Å². The predicted molar refractivity (Wildman–Crippen MR) is 60.2 cm³/mol. The first-order valence-electron chi connectivity index (χ1n) is 0. The van der Waals surface area contributed by atoms with Crippen molar-refractivity contribution in [3.05, 3.63) is 0 Å². The van der Waals surface area contributed by atoms with Gasteiger partial charge < -0.3 is 0 Å². The Morgan fingerprint density at radius 2 is 0.250 bits per heavy atom. The smallest absolute Gasteiger partial charge is 0 e. The van der Waals surface area contributed by atoms with Crippen molar-refractivity contribution in [1.82, 2.24) is 0 Å². The van der Waals surface area contributed by atoms with Crippen molar-refractivity contribution in [3.63, 3.8) is 0 Å². The van der Waals surface area contributed by atoms with Crippen molar-refractivity contribution < 1.29 is 4.28 Å². The highest BCUT2D eigenvalue weighted by Gasteiger charge is -0.0706. The number of hydrogen-bond acceptors (Lipinski definition) is 0. The fourth-order valence-electron chi connectivity index (χ4n) is 0. The highest BCUT2D eigenvalue weighted by molar-refractivity contribution is 2.51. The molecule has 0 saturated heterocycles. The van der Waals surface area contributed by atoms with Gasteiger partial charge in [0.2, 0.25) is 0 Å². The van der Waals surface area contributed by atoms with Gasteiger partial charge in [-0.25, -0.2) is 0 Å². The molecule has 70 valence electrons. The van der Waals surface area contributed by atoms with Crippen LogP contribution < -0.4 is 0 Å². The lowest BCUT2D eigenvalue weighted by molar-refractivity contribution is 2.50. The van der Waals surface area contributed by atoms with Crippen LogP contribution in [-0.4, -0.2) is 0 Å². The molecule has 0 nitrogen and oxygen atoms in total. The lowest BCUT2D eigenvalue weighted by Gasteiger charge is -0.0786. The molecule has 0 aliphatic rings. The number of hydrogen-bond donors (Lipinski definition) is 0. The van der Waals surface area contributed by atoms with Crippen LogP contribution in [0.3, 0.4) is 0 Å². The highest BCUT2D eigenvalue weighted by Crippen LogP contribution is 0.151.